The van der Waals surface area contributed by atoms with E-state index in [1.807, 2.05) is 12.3 Å². The first-order valence-electron chi connectivity index (χ1n) is 25.7. The molecule has 15 rings (SSSR count). The number of fused-ring (bicyclic) bond motifs is 6. The van der Waals surface area contributed by atoms with E-state index >= 15 is 0 Å². The Morgan fingerprint density at radius 2 is 0.973 bits per heavy atom. The molecule has 4 N–H and O–H groups in total. The van der Waals surface area contributed by atoms with Crippen molar-refractivity contribution in [2.45, 2.75) is 38.5 Å². The fourth-order valence-electron chi connectivity index (χ4n) is 12.7. The maximum atomic E-state index is 5.18. The molecular weight excluding hydrogens is 901 g/mol. The van der Waals surface area contributed by atoms with Gasteiger partial charge in [-0.2, -0.15) is 0 Å². The maximum absolute atomic E-state index is 5.18. The molecule has 6 heteroatoms. The number of pyridine rings is 2. The van der Waals surface area contributed by atoms with Crippen LogP contribution in [0, 0.1) is 0 Å². The highest BCUT2D eigenvalue weighted by atomic mass is 15.1. The molecule has 0 spiro atoms. The lowest BCUT2D eigenvalue weighted by Gasteiger charge is -2.22. The van der Waals surface area contributed by atoms with Gasteiger partial charge in [0.25, 0.3) is 0 Å². The molecule has 0 atom stereocenters. The minimum Gasteiger partial charge on any atom is -0.339 e. The summed E-state index contributed by atoms with van der Waals surface area (Å²) in [6.45, 7) is 9.30. The van der Waals surface area contributed by atoms with Crippen LogP contribution in [-0.2, 0) is 10.8 Å². The van der Waals surface area contributed by atoms with Gasteiger partial charge in [-0.25, -0.2) is 20.3 Å². The number of aromatic nitrogens is 2. The standard InChI is InChI=1S/C68H48N6/c1-67(2)55-17-7-5-11-47(55)49-27-23-41(35-57(49)67)43-25-33-61(69-37-43)73-65-53-15-9-13-51-45(29-31-59(71-65)63(51)53)39-19-21-40(22-20-39)46-30-32-60-64-52(46)14-10-16-54(64)66(72-60)74-62-34-26-44(38-70-62)42-24-28-50-48-12-6-8-18-56(48)68(3,4)58(50)36-42/h5-38H,1-4H3,(H,69,71,73)(H,70,72,74)/p+2. The van der Waals surface area contributed by atoms with Gasteiger partial charge in [0.1, 0.15) is 11.5 Å². The van der Waals surface area contributed by atoms with E-state index in [0.29, 0.717) is 5.82 Å². The molecule has 0 fully saturated rings. The van der Waals surface area contributed by atoms with Gasteiger partial charge < -0.3 is 5.32 Å². The lowest BCUT2D eigenvalue weighted by molar-refractivity contribution is -0.438. The Hall–Kier alpha value is -9.10. The lowest BCUT2D eigenvalue weighted by atomic mass is 9.81. The van der Waals surface area contributed by atoms with Crippen LogP contribution >= 0.6 is 0 Å². The highest BCUT2D eigenvalue weighted by Gasteiger charge is 2.37. The van der Waals surface area contributed by atoms with Crippen LogP contribution in [0.3, 0.4) is 0 Å². The van der Waals surface area contributed by atoms with Crippen LogP contribution in [0.2, 0.25) is 0 Å². The molecule has 74 heavy (non-hydrogen) atoms. The van der Waals surface area contributed by atoms with Crippen LogP contribution in [-0.4, -0.2) is 16.7 Å². The average molecular weight is 951 g/mol. The Morgan fingerprint density at radius 3 is 1.61 bits per heavy atom. The van der Waals surface area contributed by atoms with Crippen molar-refractivity contribution < 1.29 is 10.3 Å². The predicted molar refractivity (Wildman–Crippen MR) is 303 cm³/mol. The van der Waals surface area contributed by atoms with Crippen molar-refractivity contribution in [3.05, 3.63) is 240 Å². The van der Waals surface area contributed by atoms with Gasteiger partial charge >= 0.3 is 11.7 Å². The van der Waals surface area contributed by atoms with Gasteiger partial charge in [0.2, 0.25) is 0 Å². The van der Waals surface area contributed by atoms with Crippen molar-refractivity contribution in [3.8, 4) is 66.8 Å². The SMILES string of the molecule is CC1(C)c2ccccc2-c2ccc(-c3ccc(N=C4Nc5ccc(-c6ccc(-c7ccc8c9c(cccc79)C(=Nc7ccc(-c9ccc%10c(c9)C(C)(C)c9ccccc9-%10)c[nH+]7)[NH2+]8)cc6)c6cccc4c56)nc3)cc21. The second-order valence-electron chi connectivity index (χ2n) is 21.4. The fraction of sp³-hybridized carbons (Fsp3) is 0.0882. The number of H-pyrrole nitrogens is 1. The Bertz CT molecular complexity index is 4000. The largest absolute Gasteiger partial charge is 0.345 e. The zero-order valence-electron chi connectivity index (χ0n) is 41.5. The van der Waals surface area contributed by atoms with Gasteiger partial charge in [-0.05, 0) is 137 Å². The number of anilines is 1. The Kier molecular flexibility index (Phi) is 9.03. The third-order valence-corrected chi connectivity index (χ3v) is 16.5. The zero-order chi connectivity index (χ0) is 49.5. The third-order valence-electron chi connectivity index (χ3n) is 16.5. The van der Waals surface area contributed by atoms with Gasteiger partial charge in [0.15, 0.2) is 5.82 Å². The molecule has 4 heterocycles. The number of quaternary nitrogens is 1. The number of aromatic amines is 1. The van der Waals surface area contributed by atoms with Gasteiger partial charge in [-0.1, -0.05) is 161 Å². The molecule has 2 aromatic heterocycles. The highest BCUT2D eigenvalue weighted by molar-refractivity contribution is 6.28. The van der Waals surface area contributed by atoms with E-state index in [1.54, 1.807) is 0 Å². The highest BCUT2D eigenvalue weighted by Crippen LogP contribution is 2.51. The van der Waals surface area contributed by atoms with Crippen molar-refractivity contribution in [1.29, 1.82) is 0 Å². The van der Waals surface area contributed by atoms with Gasteiger partial charge in [-0.3, -0.25) is 0 Å². The van der Waals surface area contributed by atoms with E-state index in [4.69, 9.17) is 15.0 Å². The first-order valence-corrected chi connectivity index (χ1v) is 25.7. The Balaban J connectivity index is 0.680. The minimum absolute atomic E-state index is 0.0413. The number of hydrogen-bond acceptors (Lipinski definition) is 3. The Morgan fingerprint density at radius 1 is 0.432 bits per heavy atom. The number of aliphatic imine (C=N–C) groups is 2. The van der Waals surface area contributed by atoms with Crippen LogP contribution in [0.1, 0.15) is 61.1 Å². The molecule has 0 saturated heterocycles. The van der Waals surface area contributed by atoms with Crippen molar-refractivity contribution in [1.82, 2.24) is 4.98 Å². The molecule has 0 saturated carbocycles. The number of nitrogens with two attached hydrogens (primary N) is 1. The molecule has 2 aliphatic heterocycles. The molecule has 0 amide bonds. The van der Waals surface area contributed by atoms with E-state index in [0.717, 1.165) is 51.0 Å². The van der Waals surface area contributed by atoms with Crippen LogP contribution in [0.5, 0.6) is 0 Å². The Labute approximate surface area is 429 Å². The topological polar surface area (TPSA) is 80.4 Å². The van der Waals surface area contributed by atoms with Crippen LogP contribution in [0.25, 0.3) is 88.3 Å². The quantitative estimate of drug-likeness (QED) is 0.163. The second kappa shape index (κ2) is 15.7. The van der Waals surface area contributed by atoms with Crippen molar-refractivity contribution in [3.63, 3.8) is 0 Å². The zero-order valence-corrected chi connectivity index (χ0v) is 41.5. The number of nitrogens with zero attached hydrogens (tertiary/aromatic N) is 3. The molecule has 0 unspecified atom stereocenters. The van der Waals surface area contributed by atoms with E-state index in [9.17, 15) is 0 Å². The molecule has 0 bridgehead atoms. The average Bonchev–Trinajstić information content (AvgIpc) is 4.13. The summed E-state index contributed by atoms with van der Waals surface area (Å²) in [4.78, 5) is 18.6. The van der Waals surface area contributed by atoms with Crippen LogP contribution < -0.4 is 15.6 Å². The van der Waals surface area contributed by atoms with E-state index in [1.165, 1.54) is 99.6 Å². The summed E-state index contributed by atoms with van der Waals surface area (Å²) in [5, 5.41) is 10.7. The molecule has 0 radical (unpaired) electrons. The minimum atomic E-state index is -0.0540. The summed E-state index contributed by atoms with van der Waals surface area (Å²) in [6, 6.07) is 70.8. The third kappa shape index (κ3) is 6.34. The fourth-order valence-corrected chi connectivity index (χ4v) is 12.7. The number of benzene rings is 9. The number of amidine groups is 2. The second-order valence-corrected chi connectivity index (χ2v) is 21.4. The summed E-state index contributed by atoms with van der Waals surface area (Å²) < 4.78 is 0. The van der Waals surface area contributed by atoms with Crippen molar-refractivity contribution >= 4 is 56.2 Å². The molecule has 6 nitrogen and oxygen atoms in total. The molecule has 350 valence electrons. The smallest absolute Gasteiger partial charge is 0.339 e. The number of rotatable bonds is 6. The molecule has 2 aliphatic carbocycles. The van der Waals surface area contributed by atoms with Crippen LogP contribution in [0.15, 0.2) is 217 Å². The molecule has 11 aromatic rings. The summed E-state index contributed by atoms with van der Waals surface area (Å²) in [7, 11) is 0. The molecular formula is C68H50N6+2. The summed E-state index contributed by atoms with van der Waals surface area (Å²) in [6.07, 6.45) is 4.03. The first-order chi connectivity index (χ1) is 36.2. The predicted octanol–water partition coefficient (Wildman–Crippen LogP) is 15.3. The number of hydrogen-bond donors (Lipinski definition) is 2. The van der Waals surface area contributed by atoms with Gasteiger partial charge in [0.05, 0.1) is 17.1 Å². The monoisotopic (exact) mass is 950 g/mol. The van der Waals surface area contributed by atoms with Crippen LogP contribution in [0.4, 0.5) is 23.0 Å². The van der Waals surface area contributed by atoms with E-state index in [2.05, 4.69) is 238 Å². The van der Waals surface area contributed by atoms with Crippen molar-refractivity contribution in [2.75, 3.05) is 5.32 Å². The summed E-state index contributed by atoms with van der Waals surface area (Å²) in [5.41, 5.74) is 24.5. The normalized spacial score (nSPS) is 15.9. The van der Waals surface area contributed by atoms with E-state index in [-0.39, 0.29) is 10.8 Å². The van der Waals surface area contributed by atoms with Crippen molar-refractivity contribution in [2.24, 2.45) is 9.98 Å². The van der Waals surface area contributed by atoms with E-state index < -0.39 is 0 Å². The summed E-state index contributed by atoms with van der Waals surface area (Å²) in [5.74, 6) is 3.26. The van der Waals surface area contributed by atoms with Gasteiger partial charge in [0, 0.05) is 61.9 Å². The maximum Gasteiger partial charge on any atom is 0.345 e. The molecule has 4 aliphatic rings. The first kappa shape index (κ1) is 42.6. The number of nitrogens with one attached hydrogen (secondary N) is 2. The van der Waals surface area contributed by atoms with Gasteiger partial charge in [-0.15, -0.1) is 0 Å². The molecule has 9 aromatic carbocycles. The lowest BCUT2D eigenvalue weighted by Crippen LogP contribution is -2.80. The summed E-state index contributed by atoms with van der Waals surface area (Å²) >= 11 is 0.